The zero-order chi connectivity index (χ0) is 13.4. The lowest BCUT2D eigenvalue weighted by Crippen LogP contribution is -2.35. The van der Waals surface area contributed by atoms with Crippen LogP contribution in [0.4, 0.5) is 0 Å². The molecule has 0 unspecified atom stereocenters. The predicted molar refractivity (Wildman–Crippen MR) is 70.3 cm³/mol. The first-order valence-corrected chi connectivity index (χ1v) is 6.56. The molecule has 1 heterocycles. The first-order valence-electron chi connectivity index (χ1n) is 6.56. The van der Waals surface area contributed by atoms with E-state index in [1.165, 1.54) is 18.6 Å². The first kappa shape index (κ1) is 12.0. The Morgan fingerprint density at radius 3 is 2.53 bits per heavy atom. The molecule has 0 radical (unpaired) electrons. The van der Waals surface area contributed by atoms with E-state index in [1.54, 1.807) is 12.1 Å². The Kier molecular flexibility index (Phi) is 2.85. The van der Waals surface area contributed by atoms with E-state index in [4.69, 9.17) is 0 Å². The van der Waals surface area contributed by atoms with Crippen LogP contribution in [0.15, 0.2) is 30.0 Å². The molecule has 98 valence electrons. The highest BCUT2D eigenvalue weighted by molar-refractivity contribution is 6.25. The second-order valence-corrected chi connectivity index (χ2v) is 4.97. The predicted octanol–water partition coefficient (Wildman–Crippen LogP) is 2.14. The maximum atomic E-state index is 12.4. The Hall–Kier alpha value is -2.10. The third kappa shape index (κ3) is 1.93. The molecule has 1 aromatic carbocycles. The molecule has 0 aromatic heterocycles. The second kappa shape index (κ2) is 4.53. The van der Waals surface area contributed by atoms with Crippen LogP contribution in [0.3, 0.4) is 0 Å². The third-order valence-electron chi connectivity index (χ3n) is 3.73. The van der Waals surface area contributed by atoms with E-state index in [1.807, 2.05) is 4.90 Å². The highest BCUT2D eigenvalue weighted by Crippen LogP contribution is 2.30. The second-order valence-electron chi connectivity index (χ2n) is 4.97. The summed E-state index contributed by atoms with van der Waals surface area (Å²) in [4.78, 5) is 26.5. The molecule has 3 rings (SSSR count). The molecule has 0 spiro atoms. The fourth-order valence-electron chi connectivity index (χ4n) is 2.76. The van der Waals surface area contributed by atoms with Crippen LogP contribution >= 0.6 is 0 Å². The van der Waals surface area contributed by atoms with Crippen LogP contribution in [0.2, 0.25) is 0 Å². The largest absolute Gasteiger partial charge is 0.507 e. The monoisotopic (exact) mass is 257 g/mol. The van der Waals surface area contributed by atoms with Gasteiger partial charge >= 0.3 is 0 Å². The van der Waals surface area contributed by atoms with Gasteiger partial charge in [-0.2, -0.15) is 0 Å². The zero-order valence-electron chi connectivity index (χ0n) is 10.6. The van der Waals surface area contributed by atoms with Crippen molar-refractivity contribution in [2.75, 3.05) is 13.1 Å². The Morgan fingerprint density at radius 1 is 1.05 bits per heavy atom. The Bertz CT molecular complexity index is 583. The molecule has 4 heteroatoms. The zero-order valence-corrected chi connectivity index (χ0v) is 10.6. The number of carbonyl (C=O) groups is 2. The van der Waals surface area contributed by atoms with Crippen LogP contribution in [0, 0.1) is 0 Å². The van der Waals surface area contributed by atoms with E-state index in [2.05, 4.69) is 0 Å². The molecule has 2 aliphatic rings. The number of allylic oxidation sites excluding steroid dienone is 2. The van der Waals surface area contributed by atoms with E-state index in [0.717, 1.165) is 25.9 Å². The number of ketones is 2. The van der Waals surface area contributed by atoms with E-state index in [9.17, 15) is 14.7 Å². The summed E-state index contributed by atoms with van der Waals surface area (Å²) in [5.74, 6) is -0.564. The number of phenolic OH excluding ortho intramolecular Hbond substituents is 1. The Balaban J connectivity index is 2.02. The maximum Gasteiger partial charge on any atom is 0.210 e. The Labute approximate surface area is 111 Å². The van der Waals surface area contributed by atoms with Gasteiger partial charge in [0.2, 0.25) is 5.78 Å². The number of rotatable bonds is 1. The van der Waals surface area contributed by atoms with Gasteiger partial charge < -0.3 is 10.0 Å². The molecule has 0 saturated carbocycles. The first-order chi connectivity index (χ1) is 9.18. The standard InChI is InChI=1S/C15H15NO3/c17-12-6-4-5-10-14(12)13(18)9-11(15(10)19)16-7-2-1-3-8-16/h4-6,9,17H,1-3,7-8H2. The number of hydrogen-bond acceptors (Lipinski definition) is 4. The molecule has 4 nitrogen and oxygen atoms in total. The minimum Gasteiger partial charge on any atom is -0.507 e. The molecule has 1 aliphatic heterocycles. The van der Waals surface area contributed by atoms with Crippen LogP contribution in [-0.4, -0.2) is 34.7 Å². The van der Waals surface area contributed by atoms with Gasteiger partial charge in [-0.3, -0.25) is 9.59 Å². The van der Waals surface area contributed by atoms with Crippen molar-refractivity contribution >= 4 is 11.6 Å². The van der Waals surface area contributed by atoms with Gasteiger partial charge in [-0.1, -0.05) is 6.07 Å². The fraction of sp³-hybridized carbons (Fsp3) is 0.333. The highest BCUT2D eigenvalue weighted by Gasteiger charge is 2.31. The molecule has 1 fully saturated rings. The van der Waals surface area contributed by atoms with E-state index < -0.39 is 0 Å². The summed E-state index contributed by atoms with van der Waals surface area (Å²) in [6.07, 6.45) is 4.64. The summed E-state index contributed by atoms with van der Waals surface area (Å²) in [7, 11) is 0. The number of likely N-dealkylation sites (tertiary alicyclic amines) is 1. The summed E-state index contributed by atoms with van der Waals surface area (Å²) < 4.78 is 0. The molecule has 1 aromatic rings. The van der Waals surface area contributed by atoms with Gasteiger partial charge in [0.1, 0.15) is 5.75 Å². The van der Waals surface area contributed by atoms with E-state index in [-0.39, 0.29) is 22.9 Å². The van der Waals surface area contributed by atoms with Gasteiger partial charge in [0.15, 0.2) is 5.78 Å². The summed E-state index contributed by atoms with van der Waals surface area (Å²) in [5, 5.41) is 9.73. The summed E-state index contributed by atoms with van der Waals surface area (Å²) >= 11 is 0. The van der Waals surface area contributed by atoms with Crippen molar-refractivity contribution in [3.05, 3.63) is 41.1 Å². The molecule has 1 N–H and O–H groups in total. The lowest BCUT2D eigenvalue weighted by atomic mass is 9.90. The van der Waals surface area contributed by atoms with Crippen molar-refractivity contribution in [2.24, 2.45) is 0 Å². The number of phenols is 1. The number of nitrogens with zero attached hydrogens (tertiary/aromatic N) is 1. The average molecular weight is 257 g/mol. The SMILES string of the molecule is O=C1C(N2CCCCC2)=CC(=O)c2c(O)cccc21. The third-order valence-corrected chi connectivity index (χ3v) is 3.73. The molecule has 1 saturated heterocycles. The summed E-state index contributed by atoms with van der Waals surface area (Å²) in [5.41, 5.74) is 0.920. The molecule has 0 bridgehead atoms. The van der Waals surface area contributed by atoms with Crippen molar-refractivity contribution < 1.29 is 14.7 Å². The molecule has 0 atom stereocenters. The van der Waals surface area contributed by atoms with Gasteiger partial charge in [0, 0.05) is 24.7 Å². The molecule has 0 amide bonds. The van der Waals surface area contributed by atoms with Gasteiger partial charge in [-0.05, 0) is 31.4 Å². The lowest BCUT2D eigenvalue weighted by molar-refractivity contribution is 0.0942. The van der Waals surface area contributed by atoms with Crippen molar-refractivity contribution in [3.8, 4) is 5.75 Å². The van der Waals surface area contributed by atoms with Crippen molar-refractivity contribution in [1.29, 1.82) is 0 Å². The van der Waals surface area contributed by atoms with Crippen LogP contribution < -0.4 is 0 Å². The number of aromatic hydroxyl groups is 1. The number of hydrogen-bond donors (Lipinski definition) is 1. The minimum absolute atomic E-state index is 0.121. The molecular formula is C15H15NO3. The highest BCUT2D eigenvalue weighted by atomic mass is 16.3. The summed E-state index contributed by atoms with van der Waals surface area (Å²) in [6.45, 7) is 1.64. The number of Topliss-reactive ketones (excluding diaryl/α,β-unsaturated/α-hetero) is 1. The van der Waals surface area contributed by atoms with Gasteiger partial charge in [-0.15, -0.1) is 0 Å². The van der Waals surface area contributed by atoms with Crippen LogP contribution in [-0.2, 0) is 0 Å². The van der Waals surface area contributed by atoms with Crippen molar-refractivity contribution in [3.63, 3.8) is 0 Å². The van der Waals surface area contributed by atoms with Crippen LogP contribution in [0.1, 0.15) is 40.0 Å². The van der Waals surface area contributed by atoms with E-state index >= 15 is 0 Å². The van der Waals surface area contributed by atoms with Crippen molar-refractivity contribution in [1.82, 2.24) is 4.90 Å². The number of fused-ring (bicyclic) bond motifs is 1. The molecular weight excluding hydrogens is 242 g/mol. The normalized spacial score (nSPS) is 19.2. The van der Waals surface area contributed by atoms with Gasteiger partial charge in [0.25, 0.3) is 0 Å². The Morgan fingerprint density at radius 2 is 1.79 bits per heavy atom. The van der Waals surface area contributed by atoms with Crippen LogP contribution in [0.5, 0.6) is 5.75 Å². The number of carbonyl (C=O) groups excluding carboxylic acids is 2. The van der Waals surface area contributed by atoms with Crippen molar-refractivity contribution in [2.45, 2.75) is 19.3 Å². The summed E-state index contributed by atoms with van der Waals surface area (Å²) in [6, 6.07) is 4.63. The smallest absolute Gasteiger partial charge is 0.210 e. The van der Waals surface area contributed by atoms with Gasteiger partial charge in [0.05, 0.1) is 11.3 Å². The number of piperidine rings is 1. The molecule has 1 aliphatic carbocycles. The van der Waals surface area contributed by atoms with Crippen LogP contribution in [0.25, 0.3) is 0 Å². The quantitative estimate of drug-likeness (QED) is 0.837. The van der Waals surface area contributed by atoms with Gasteiger partial charge in [-0.25, -0.2) is 0 Å². The fourth-order valence-corrected chi connectivity index (χ4v) is 2.76. The molecule has 19 heavy (non-hydrogen) atoms. The number of benzene rings is 1. The average Bonchev–Trinajstić information content (AvgIpc) is 2.43. The van der Waals surface area contributed by atoms with E-state index in [0.29, 0.717) is 11.3 Å². The maximum absolute atomic E-state index is 12.4. The topological polar surface area (TPSA) is 57.6 Å². The minimum atomic E-state index is -0.284. The lowest BCUT2D eigenvalue weighted by Gasteiger charge is -2.31.